The summed E-state index contributed by atoms with van der Waals surface area (Å²) < 4.78 is 32.7. The standard InChI is InChI=1S/C13H20BrClN2O3S/c1-13(2,4-5-20-3)8-17-21(18,19)11-7-9(15)6-10(16)12(11)14/h6-7,17H,4-5,8,16H2,1-3H3. The number of nitrogens with one attached hydrogen (secondary N) is 1. The summed E-state index contributed by atoms with van der Waals surface area (Å²) in [5.41, 5.74) is 5.78. The van der Waals surface area contributed by atoms with Crippen LogP contribution in [-0.2, 0) is 14.8 Å². The Kier molecular flexibility index (Phi) is 6.49. The molecule has 8 heteroatoms. The molecule has 0 heterocycles. The monoisotopic (exact) mass is 398 g/mol. The third kappa shape index (κ3) is 5.41. The molecule has 0 aliphatic heterocycles. The maximum absolute atomic E-state index is 12.4. The van der Waals surface area contributed by atoms with Crippen LogP contribution in [0.4, 0.5) is 5.69 Å². The van der Waals surface area contributed by atoms with E-state index in [0.29, 0.717) is 11.1 Å². The molecule has 21 heavy (non-hydrogen) atoms. The Hall–Kier alpha value is -0.340. The highest BCUT2D eigenvalue weighted by molar-refractivity contribution is 9.10. The number of rotatable bonds is 7. The lowest BCUT2D eigenvalue weighted by Crippen LogP contribution is -2.34. The molecular weight excluding hydrogens is 380 g/mol. The van der Waals surface area contributed by atoms with E-state index in [1.165, 1.54) is 12.1 Å². The molecule has 0 saturated heterocycles. The van der Waals surface area contributed by atoms with Crippen LogP contribution in [0.25, 0.3) is 0 Å². The van der Waals surface area contributed by atoms with Crippen molar-refractivity contribution in [2.24, 2.45) is 5.41 Å². The van der Waals surface area contributed by atoms with Crippen LogP contribution in [-0.4, -0.2) is 28.7 Å². The van der Waals surface area contributed by atoms with Crippen molar-refractivity contribution in [2.45, 2.75) is 25.2 Å². The molecule has 0 aromatic heterocycles. The van der Waals surface area contributed by atoms with E-state index in [2.05, 4.69) is 20.7 Å². The van der Waals surface area contributed by atoms with Crippen molar-refractivity contribution in [3.63, 3.8) is 0 Å². The lowest BCUT2D eigenvalue weighted by molar-refractivity contribution is 0.153. The zero-order valence-electron chi connectivity index (χ0n) is 12.2. The molecule has 0 fully saturated rings. The minimum absolute atomic E-state index is 0.0371. The van der Waals surface area contributed by atoms with Gasteiger partial charge in [0.2, 0.25) is 10.0 Å². The Labute approximate surface area is 139 Å². The van der Waals surface area contributed by atoms with Crippen molar-refractivity contribution in [1.29, 1.82) is 0 Å². The van der Waals surface area contributed by atoms with Gasteiger partial charge in [-0.15, -0.1) is 0 Å². The fourth-order valence-corrected chi connectivity index (χ4v) is 4.15. The summed E-state index contributed by atoms with van der Waals surface area (Å²) in [6.45, 7) is 4.80. The van der Waals surface area contributed by atoms with Gasteiger partial charge in [0, 0.05) is 31.0 Å². The highest BCUT2D eigenvalue weighted by atomic mass is 79.9. The fraction of sp³-hybridized carbons (Fsp3) is 0.538. The van der Waals surface area contributed by atoms with Gasteiger partial charge in [-0.1, -0.05) is 25.4 Å². The van der Waals surface area contributed by atoms with Gasteiger partial charge in [0.15, 0.2) is 0 Å². The van der Waals surface area contributed by atoms with Gasteiger partial charge >= 0.3 is 0 Å². The molecule has 0 atom stereocenters. The SMILES string of the molecule is COCCC(C)(C)CNS(=O)(=O)c1cc(Cl)cc(N)c1Br. The number of halogens is 2. The number of nitrogen functional groups attached to an aromatic ring is 1. The molecular formula is C13H20BrClN2O3S. The van der Waals surface area contributed by atoms with E-state index in [1.54, 1.807) is 7.11 Å². The molecule has 0 aliphatic carbocycles. The Balaban J connectivity index is 2.93. The molecule has 0 unspecified atom stereocenters. The molecule has 120 valence electrons. The van der Waals surface area contributed by atoms with Crippen LogP contribution < -0.4 is 10.5 Å². The van der Waals surface area contributed by atoms with Gasteiger partial charge in [0.25, 0.3) is 0 Å². The number of ether oxygens (including phenoxy) is 1. The first-order valence-corrected chi connectivity index (χ1v) is 8.97. The summed E-state index contributed by atoms with van der Waals surface area (Å²) in [6.07, 6.45) is 0.741. The molecule has 0 spiro atoms. The van der Waals surface area contributed by atoms with E-state index in [1.807, 2.05) is 13.8 Å². The van der Waals surface area contributed by atoms with Crippen LogP contribution in [0.2, 0.25) is 5.02 Å². The predicted molar refractivity (Wildman–Crippen MR) is 89.0 cm³/mol. The Morgan fingerprint density at radius 2 is 2.05 bits per heavy atom. The maximum Gasteiger partial charge on any atom is 0.241 e. The van der Waals surface area contributed by atoms with E-state index in [4.69, 9.17) is 22.1 Å². The summed E-state index contributed by atoms with van der Waals surface area (Å²) in [7, 11) is -2.08. The summed E-state index contributed by atoms with van der Waals surface area (Å²) in [6, 6.07) is 2.86. The average molecular weight is 400 g/mol. The van der Waals surface area contributed by atoms with E-state index in [9.17, 15) is 8.42 Å². The summed E-state index contributed by atoms with van der Waals surface area (Å²) in [5, 5.41) is 0.273. The number of benzene rings is 1. The van der Waals surface area contributed by atoms with Gasteiger partial charge in [0.1, 0.15) is 0 Å². The molecule has 0 aliphatic rings. The van der Waals surface area contributed by atoms with E-state index >= 15 is 0 Å². The highest BCUT2D eigenvalue weighted by Gasteiger charge is 2.24. The third-order valence-electron chi connectivity index (χ3n) is 3.05. The first kappa shape index (κ1) is 18.7. The Morgan fingerprint density at radius 3 is 2.62 bits per heavy atom. The molecule has 1 aromatic rings. The lowest BCUT2D eigenvalue weighted by Gasteiger charge is -2.24. The van der Waals surface area contributed by atoms with Crippen molar-refractivity contribution in [3.8, 4) is 0 Å². The van der Waals surface area contributed by atoms with Crippen molar-refractivity contribution >= 4 is 43.2 Å². The van der Waals surface area contributed by atoms with Crippen LogP contribution in [0.15, 0.2) is 21.5 Å². The van der Waals surface area contributed by atoms with Crippen LogP contribution in [0, 0.1) is 5.41 Å². The molecule has 0 saturated carbocycles. The van der Waals surface area contributed by atoms with Gasteiger partial charge in [0.05, 0.1) is 9.37 Å². The molecule has 3 N–H and O–H groups in total. The number of nitrogens with two attached hydrogens (primary N) is 1. The second-order valence-corrected chi connectivity index (χ2v) is 8.50. The van der Waals surface area contributed by atoms with Gasteiger partial charge in [-0.05, 0) is 39.9 Å². The van der Waals surface area contributed by atoms with Crippen LogP contribution >= 0.6 is 27.5 Å². The molecule has 0 radical (unpaired) electrons. The van der Waals surface area contributed by atoms with E-state index < -0.39 is 10.0 Å². The minimum atomic E-state index is -3.70. The maximum atomic E-state index is 12.4. The predicted octanol–water partition coefficient (Wildman–Crippen LogP) is 3.03. The van der Waals surface area contributed by atoms with Gasteiger partial charge in [-0.25, -0.2) is 13.1 Å². The third-order valence-corrected chi connectivity index (χ3v) is 5.84. The van der Waals surface area contributed by atoms with E-state index in [0.717, 1.165) is 6.42 Å². The van der Waals surface area contributed by atoms with E-state index in [-0.39, 0.29) is 27.6 Å². The topological polar surface area (TPSA) is 81.4 Å². The Bertz CT molecular complexity index is 606. The Morgan fingerprint density at radius 1 is 1.43 bits per heavy atom. The van der Waals surface area contributed by atoms with Gasteiger partial charge < -0.3 is 10.5 Å². The minimum Gasteiger partial charge on any atom is -0.398 e. The smallest absolute Gasteiger partial charge is 0.241 e. The van der Waals surface area contributed by atoms with Crippen molar-refractivity contribution < 1.29 is 13.2 Å². The average Bonchev–Trinajstić information content (AvgIpc) is 2.38. The summed E-state index contributed by atoms with van der Waals surface area (Å²) in [5.74, 6) is 0. The number of anilines is 1. The lowest BCUT2D eigenvalue weighted by atomic mass is 9.90. The molecule has 1 rings (SSSR count). The van der Waals surface area contributed by atoms with Gasteiger partial charge in [-0.3, -0.25) is 0 Å². The highest BCUT2D eigenvalue weighted by Crippen LogP contribution is 2.31. The number of methoxy groups -OCH3 is 1. The zero-order chi connectivity index (χ0) is 16.3. The number of hydrogen-bond acceptors (Lipinski definition) is 4. The molecule has 0 amide bonds. The molecule has 1 aromatic carbocycles. The first-order chi connectivity index (χ1) is 9.59. The van der Waals surface area contributed by atoms with Crippen LogP contribution in [0.1, 0.15) is 20.3 Å². The van der Waals surface area contributed by atoms with Crippen LogP contribution in [0.5, 0.6) is 0 Å². The second kappa shape index (κ2) is 7.28. The van der Waals surface area contributed by atoms with Crippen molar-refractivity contribution in [2.75, 3.05) is 26.0 Å². The normalized spacial score (nSPS) is 12.6. The zero-order valence-corrected chi connectivity index (χ0v) is 15.4. The largest absolute Gasteiger partial charge is 0.398 e. The number of hydrogen-bond donors (Lipinski definition) is 2. The summed E-state index contributed by atoms with van der Waals surface area (Å²) in [4.78, 5) is 0.0371. The number of sulfonamides is 1. The van der Waals surface area contributed by atoms with Crippen molar-refractivity contribution in [1.82, 2.24) is 4.72 Å². The van der Waals surface area contributed by atoms with Gasteiger partial charge in [-0.2, -0.15) is 0 Å². The fourth-order valence-electron chi connectivity index (χ4n) is 1.61. The van der Waals surface area contributed by atoms with Crippen molar-refractivity contribution in [3.05, 3.63) is 21.6 Å². The molecule has 5 nitrogen and oxygen atoms in total. The first-order valence-electron chi connectivity index (χ1n) is 6.32. The van der Waals surface area contributed by atoms with Crippen LogP contribution in [0.3, 0.4) is 0 Å². The molecule has 0 bridgehead atoms. The quantitative estimate of drug-likeness (QED) is 0.691. The summed E-state index contributed by atoms with van der Waals surface area (Å²) >= 11 is 9.07. The second-order valence-electron chi connectivity index (χ2n) is 5.54.